The van der Waals surface area contributed by atoms with Crippen LogP contribution in [0.15, 0.2) is 64.5 Å². The zero-order valence-electron chi connectivity index (χ0n) is 27.6. The van der Waals surface area contributed by atoms with Crippen LogP contribution >= 0.6 is 11.6 Å². The van der Waals surface area contributed by atoms with Crippen LogP contribution in [0.25, 0.3) is 6.08 Å². The molecule has 0 saturated carbocycles. The van der Waals surface area contributed by atoms with Crippen molar-refractivity contribution in [3.05, 3.63) is 75.7 Å². The monoisotopic (exact) mass is 711 g/mol. The van der Waals surface area contributed by atoms with Crippen molar-refractivity contribution in [2.45, 2.75) is 33.6 Å². The van der Waals surface area contributed by atoms with Gasteiger partial charge in [0.1, 0.15) is 5.36 Å². The molecule has 0 radical (unpaired) electrons. The number of nitrogens with two attached hydrogens (primary N) is 1. The summed E-state index contributed by atoms with van der Waals surface area (Å²) < 4.78 is 16.4. The number of hydrogen-bond acceptors (Lipinski definition) is 10. The van der Waals surface area contributed by atoms with Crippen LogP contribution in [-0.2, 0) is 17.4 Å². The molecule has 0 amide bonds. The van der Waals surface area contributed by atoms with Gasteiger partial charge >= 0.3 is 28.9 Å². The molecular formula is C33H44ClCrN4O8+5. The molecule has 12 nitrogen and oxygen atoms in total. The molecule has 1 unspecified atom stereocenters. The zero-order valence-corrected chi connectivity index (χ0v) is 29.7. The molecule has 4 rings (SSSR count). The van der Waals surface area contributed by atoms with E-state index in [1.807, 2.05) is 18.2 Å². The maximum Gasteiger partial charge on any atom is 4.00 e. The minimum Gasteiger partial charge on any atom is -0.859 e. The number of alkyl halides is 1. The van der Waals surface area contributed by atoms with Crippen molar-refractivity contribution in [2.24, 2.45) is 10.7 Å². The van der Waals surface area contributed by atoms with Crippen LogP contribution in [0.2, 0.25) is 0 Å². The van der Waals surface area contributed by atoms with Crippen LogP contribution in [0.3, 0.4) is 0 Å². The smallest absolute Gasteiger partial charge is 0.859 e. The third kappa shape index (κ3) is 11.3. The third-order valence-electron chi connectivity index (χ3n) is 6.48. The Balaban J connectivity index is 0.000000619. The van der Waals surface area contributed by atoms with Crippen LogP contribution in [-0.4, -0.2) is 78.2 Å². The quantitative estimate of drug-likeness (QED) is 0.124. The molecule has 0 aromatic heterocycles. The van der Waals surface area contributed by atoms with E-state index < -0.39 is 0 Å². The number of rotatable bonds is 10. The maximum atomic E-state index is 13.6. The van der Waals surface area contributed by atoms with Crippen molar-refractivity contribution in [1.82, 2.24) is 0 Å². The predicted molar refractivity (Wildman–Crippen MR) is 181 cm³/mol. The van der Waals surface area contributed by atoms with Gasteiger partial charge in [-0.2, -0.15) is 0 Å². The Morgan fingerprint density at radius 1 is 1.04 bits per heavy atom. The van der Waals surface area contributed by atoms with E-state index in [1.165, 1.54) is 54.1 Å². The summed E-state index contributed by atoms with van der Waals surface area (Å²) in [5.41, 5.74) is 8.70. The molecule has 0 bridgehead atoms. The minimum atomic E-state index is -0.203. The molecule has 47 heavy (non-hydrogen) atoms. The normalized spacial score (nSPS) is 15.5. The Morgan fingerprint density at radius 3 is 2.09 bits per heavy atom. The van der Waals surface area contributed by atoms with Crippen LogP contribution in [0, 0.1) is 0 Å². The Kier molecular flexibility index (Phi) is 17.0. The second kappa shape index (κ2) is 19.5. The van der Waals surface area contributed by atoms with Crippen molar-refractivity contribution in [3.8, 4) is 17.2 Å². The number of anilines is 2. The van der Waals surface area contributed by atoms with E-state index in [0.29, 0.717) is 53.8 Å². The second-order valence-corrected chi connectivity index (χ2v) is 10.6. The molecular weight excluding hydrogens is 668 g/mol. The third-order valence-corrected chi connectivity index (χ3v) is 6.85. The van der Waals surface area contributed by atoms with E-state index in [4.69, 9.17) is 51.3 Å². The molecule has 0 fully saturated rings. The Morgan fingerprint density at radius 2 is 1.64 bits per heavy atom. The van der Waals surface area contributed by atoms with Gasteiger partial charge in [-0.3, -0.25) is 9.59 Å². The molecule has 0 aliphatic carbocycles. The summed E-state index contributed by atoms with van der Waals surface area (Å²) in [5.74, 6) is 2.14. The largest absolute Gasteiger partial charge is 4.00 e. The second-order valence-electron chi connectivity index (χ2n) is 10.3. The number of benzene rings is 2. The Bertz CT molecular complexity index is 1610. The molecule has 1 atom stereocenters. The average molecular weight is 712 g/mol. The van der Waals surface area contributed by atoms with Gasteiger partial charge in [-0.15, -0.1) is 11.6 Å². The number of aliphatic hydroxyl groups excluding tert-OH is 2. The van der Waals surface area contributed by atoms with Gasteiger partial charge in [0, 0.05) is 48.0 Å². The number of methoxy groups -OCH3 is 3. The van der Waals surface area contributed by atoms with E-state index in [0.717, 1.165) is 22.2 Å². The summed E-state index contributed by atoms with van der Waals surface area (Å²) in [6.45, 7) is 7.65. The number of carbonyl (C=O) groups excluding carboxylic acids is 2. The molecule has 2 aromatic carbocycles. The van der Waals surface area contributed by atoms with Gasteiger partial charge in [-0.1, -0.05) is 6.07 Å². The SMILES string of the molecule is CC(=[OH+])/C=C(/C)O.CC(=[OH+])/C=C(/C)O.COc1cc2c(c(OC)c1OC)=N/C(=C(/[O-])N1CC(CCl)c3ccc(NCCN)cc31)C=2.[Cr+4]. The van der Waals surface area contributed by atoms with Crippen molar-refractivity contribution >= 4 is 40.6 Å². The summed E-state index contributed by atoms with van der Waals surface area (Å²) >= 11 is 6.22. The van der Waals surface area contributed by atoms with Gasteiger partial charge in [0.15, 0.2) is 11.5 Å². The van der Waals surface area contributed by atoms with Crippen molar-refractivity contribution in [1.29, 1.82) is 0 Å². The first kappa shape index (κ1) is 40.9. The number of hydrogen-bond donors (Lipinski definition) is 4. The number of allylic oxidation sites excluding steroid dienone is 5. The number of halogens is 1. The molecule has 0 spiro atoms. The van der Waals surface area contributed by atoms with Gasteiger partial charge in [0.25, 0.3) is 0 Å². The van der Waals surface area contributed by atoms with Crippen molar-refractivity contribution in [3.63, 3.8) is 0 Å². The van der Waals surface area contributed by atoms with Crippen molar-refractivity contribution in [2.75, 3.05) is 57.1 Å². The van der Waals surface area contributed by atoms with Crippen LogP contribution in [0.1, 0.15) is 39.2 Å². The summed E-state index contributed by atoms with van der Waals surface area (Å²) in [6.07, 6.45) is 4.30. The number of aliphatic hydroxyl groups is 2. The van der Waals surface area contributed by atoms with Crippen LogP contribution < -0.4 is 45.8 Å². The van der Waals surface area contributed by atoms with Gasteiger partial charge in [0.2, 0.25) is 5.75 Å². The first-order valence-electron chi connectivity index (χ1n) is 14.3. The number of nitrogens with zero attached hydrogens (tertiary/aromatic N) is 2. The molecule has 2 aliphatic heterocycles. The number of ketones is 2. The standard InChI is InChI=1S/C23H27ClN4O4.2C5H8O2.Cr/c1-30-19-9-13-8-17(27-20(13)22(32-3)21(19)31-2)23(29)28-12-14(11-24)16-5-4-15(10-18(16)28)26-7-6-25;2*1-4(6)3-5(2)7;/h4-5,8-10,14,26,29H,6-7,11-12,25H2,1-3H3;2*3,6H,1-2H3;/q;;;+4/p+1/b23-17+;2*4-3-;. The summed E-state index contributed by atoms with van der Waals surface area (Å²) in [7, 11) is 4.62. The molecule has 14 heteroatoms. The minimum absolute atomic E-state index is 0. The van der Waals surface area contributed by atoms with Crippen LogP contribution in [0.5, 0.6) is 17.2 Å². The van der Waals surface area contributed by atoms with Gasteiger partial charge in [-0.05, 0) is 49.6 Å². The summed E-state index contributed by atoms with van der Waals surface area (Å²) in [6, 6.07) is 7.75. The average Bonchev–Trinajstić information content (AvgIpc) is 3.59. The predicted octanol–water partition coefficient (Wildman–Crippen LogP) is 2.89. The zero-order chi connectivity index (χ0) is 34.6. The summed E-state index contributed by atoms with van der Waals surface area (Å²) in [4.78, 5) is 23.1. The van der Waals surface area contributed by atoms with Gasteiger partial charge < -0.3 is 45.5 Å². The topological polar surface area (TPSA) is 188 Å². The first-order valence-corrected chi connectivity index (χ1v) is 14.9. The molecule has 2 aliphatic rings. The molecule has 252 valence electrons. The van der Waals surface area contributed by atoms with E-state index in [-0.39, 0.29) is 52.2 Å². The van der Waals surface area contributed by atoms with Crippen LogP contribution in [0.4, 0.5) is 11.4 Å². The molecule has 7 N–H and O–H groups in total. The van der Waals surface area contributed by atoms with E-state index >= 15 is 0 Å². The number of fused-ring (bicyclic) bond motifs is 2. The fourth-order valence-electron chi connectivity index (χ4n) is 4.73. The molecule has 2 heterocycles. The van der Waals surface area contributed by atoms with Gasteiger partial charge in [0.05, 0.1) is 64.5 Å². The molecule has 0 saturated heterocycles. The fraction of sp³-hybridized carbons (Fsp3) is 0.364. The Labute approximate surface area is 290 Å². The van der Waals surface area contributed by atoms with E-state index in [2.05, 4.69) is 10.3 Å². The van der Waals surface area contributed by atoms with E-state index in [1.54, 1.807) is 24.2 Å². The first-order chi connectivity index (χ1) is 21.8. The number of nitrogens with one attached hydrogen (secondary N) is 1. The fourth-order valence-corrected chi connectivity index (χ4v) is 4.99. The summed E-state index contributed by atoms with van der Waals surface area (Å²) in [5, 5.41) is 34.9. The molecule has 2 aromatic rings. The van der Waals surface area contributed by atoms with E-state index in [9.17, 15) is 5.11 Å². The van der Waals surface area contributed by atoms with Gasteiger partial charge in [-0.25, -0.2) is 4.99 Å². The maximum absolute atomic E-state index is 13.6. The van der Waals surface area contributed by atoms with Crippen molar-refractivity contribution < 1.29 is 56.5 Å². The Hall–Kier alpha value is -4.15. The number of ether oxygens (including phenoxy) is 3.